The molecule has 0 spiro atoms. The van der Waals surface area contributed by atoms with E-state index >= 15 is 0 Å². The number of aromatic nitrogens is 1. The molecule has 1 aromatic carbocycles. The van der Waals surface area contributed by atoms with Crippen molar-refractivity contribution in [1.82, 2.24) is 4.98 Å². The summed E-state index contributed by atoms with van der Waals surface area (Å²) in [6, 6.07) is 4.58. The molecule has 1 fully saturated rings. The molecule has 2 nitrogen and oxygen atoms in total. The maximum Gasteiger partial charge on any atom is 0.0575 e. The Morgan fingerprint density at radius 2 is 1.90 bits per heavy atom. The summed E-state index contributed by atoms with van der Waals surface area (Å²) in [6.45, 7) is 7.42. The average molecular weight is 285 g/mol. The minimum atomic E-state index is 0.512. The van der Waals surface area contributed by atoms with Crippen molar-refractivity contribution in [2.45, 2.75) is 59.0 Å². The quantitative estimate of drug-likeness (QED) is 0.847. The van der Waals surface area contributed by atoms with Gasteiger partial charge >= 0.3 is 0 Å². The Hall–Kier alpha value is -1.28. The van der Waals surface area contributed by atoms with Crippen LogP contribution in [0, 0.1) is 19.8 Å². The first kappa shape index (κ1) is 14.6. The van der Waals surface area contributed by atoms with E-state index in [1.807, 2.05) is 0 Å². The number of H-pyrrole nitrogens is 1. The van der Waals surface area contributed by atoms with Crippen LogP contribution in [0.15, 0.2) is 18.3 Å². The standard InChI is InChI=1S/C19H27NO/c1-4-21-16-7-5-15(6-8-16)12-18-13(2)11-14(3)19-17(18)9-10-20-19/h9-11,15-16,20H,4-8,12H2,1-3H3. The van der Waals surface area contributed by atoms with Gasteiger partial charge in [0, 0.05) is 23.7 Å². The van der Waals surface area contributed by atoms with Crippen LogP contribution in [-0.2, 0) is 11.2 Å². The first-order valence-electron chi connectivity index (χ1n) is 8.36. The number of aryl methyl sites for hydroxylation is 2. The minimum Gasteiger partial charge on any atom is -0.379 e. The maximum atomic E-state index is 5.77. The highest BCUT2D eigenvalue weighted by Gasteiger charge is 2.22. The molecule has 114 valence electrons. The third-order valence-corrected chi connectivity index (χ3v) is 5.06. The molecule has 21 heavy (non-hydrogen) atoms. The minimum absolute atomic E-state index is 0.512. The van der Waals surface area contributed by atoms with Crippen LogP contribution >= 0.6 is 0 Å². The predicted molar refractivity (Wildman–Crippen MR) is 88.8 cm³/mol. The molecule has 1 aromatic heterocycles. The molecule has 0 radical (unpaired) electrons. The van der Waals surface area contributed by atoms with Crippen molar-refractivity contribution in [3.63, 3.8) is 0 Å². The monoisotopic (exact) mass is 285 g/mol. The van der Waals surface area contributed by atoms with Crippen LogP contribution in [0.25, 0.3) is 10.9 Å². The topological polar surface area (TPSA) is 25.0 Å². The molecule has 0 unspecified atom stereocenters. The molecular weight excluding hydrogens is 258 g/mol. The first-order chi connectivity index (χ1) is 10.2. The molecule has 1 saturated carbocycles. The normalized spacial score (nSPS) is 22.8. The fourth-order valence-corrected chi connectivity index (χ4v) is 3.94. The Morgan fingerprint density at radius 3 is 2.62 bits per heavy atom. The molecule has 0 aliphatic heterocycles. The van der Waals surface area contributed by atoms with Crippen molar-refractivity contribution in [2.75, 3.05) is 6.61 Å². The summed E-state index contributed by atoms with van der Waals surface area (Å²) >= 11 is 0. The van der Waals surface area contributed by atoms with Gasteiger partial charge in [-0.3, -0.25) is 0 Å². The van der Waals surface area contributed by atoms with E-state index < -0.39 is 0 Å². The summed E-state index contributed by atoms with van der Waals surface area (Å²) in [5, 5.41) is 1.43. The van der Waals surface area contributed by atoms with Crippen molar-refractivity contribution < 1.29 is 4.74 Å². The number of hydrogen-bond acceptors (Lipinski definition) is 1. The second kappa shape index (κ2) is 6.23. The Bertz CT molecular complexity index is 605. The molecule has 2 heteroatoms. The summed E-state index contributed by atoms with van der Waals surface area (Å²) < 4.78 is 5.77. The summed E-state index contributed by atoms with van der Waals surface area (Å²) in [7, 11) is 0. The van der Waals surface area contributed by atoms with Crippen molar-refractivity contribution in [1.29, 1.82) is 0 Å². The largest absolute Gasteiger partial charge is 0.379 e. The molecule has 0 bridgehead atoms. The van der Waals surface area contributed by atoms with E-state index in [0.717, 1.165) is 12.5 Å². The highest BCUT2D eigenvalue weighted by molar-refractivity contribution is 5.87. The summed E-state index contributed by atoms with van der Waals surface area (Å²) in [5.74, 6) is 0.821. The van der Waals surface area contributed by atoms with Crippen molar-refractivity contribution in [3.05, 3.63) is 35.0 Å². The van der Waals surface area contributed by atoms with Gasteiger partial charge in [-0.1, -0.05) is 6.07 Å². The number of fused-ring (bicyclic) bond motifs is 1. The number of benzene rings is 1. The Kier molecular flexibility index (Phi) is 4.34. The molecule has 0 atom stereocenters. The van der Waals surface area contributed by atoms with Crippen LogP contribution in [0.3, 0.4) is 0 Å². The van der Waals surface area contributed by atoms with Crippen molar-refractivity contribution in [3.8, 4) is 0 Å². The molecular formula is C19H27NO. The lowest BCUT2D eigenvalue weighted by Gasteiger charge is -2.29. The summed E-state index contributed by atoms with van der Waals surface area (Å²) in [5.41, 5.74) is 5.68. The summed E-state index contributed by atoms with van der Waals surface area (Å²) in [6.07, 6.45) is 8.90. The average Bonchev–Trinajstić information content (AvgIpc) is 2.95. The van der Waals surface area contributed by atoms with Crippen LogP contribution in [0.2, 0.25) is 0 Å². The molecule has 1 aliphatic rings. The smallest absolute Gasteiger partial charge is 0.0575 e. The van der Waals surface area contributed by atoms with Gasteiger partial charge in [0.15, 0.2) is 0 Å². The Labute approximate surface area is 127 Å². The van der Waals surface area contributed by atoms with E-state index in [-0.39, 0.29) is 0 Å². The van der Waals surface area contributed by atoms with Gasteiger partial charge in [-0.2, -0.15) is 0 Å². The van der Waals surface area contributed by atoms with E-state index in [1.54, 1.807) is 5.56 Å². The predicted octanol–water partition coefficient (Wildman–Crippen LogP) is 4.92. The van der Waals surface area contributed by atoms with Crippen molar-refractivity contribution in [2.24, 2.45) is 5.92 Å². The third kappa shape index (κ3) is 3.01. The van der Waals surface area contributed by atoms with Crippen molar-refractivity contribution >= 4 is 10.9 Å². The highest BCUT2D eigenvalue weighted by Crippen LogP contribution is 2.33. The molecule has 1 N–H and O–H groups in total. The lowest BCUT2D eigenvalue weighted by Crippen LogP contribution is -2.23. The number of rotatable bonds is 4. The van der Waals surface area contributed by atoms with Gasteiger partial charge in [0.05, 0.1) is 6.10 Å². The fraction of sp³-hybridized carbons (Fsp3) is 0.579. The zero-order valence-electron chi connectivity index (χ0n) is 13.5. The zero-order valence-corrected chi connectivity index (χ0v) is 13.5. The van der Waals surface area contributed by atoms with Crippen LogP contribution in [0.1, 0.15) is 49.3 Å². The fourth-order valence-electron chi connectivity index (χ4n) is 3.94. The molecule has 2 aromatic rings. The SMILES string of the molecule is CCOC1CCC(Cc2c(C)cc(C)c3[nH]ccc23)CC1. The van der Waals surface area contributed by atoms with E-state index in [9.17, 15) is 0 Å². The van der Waals surface area contributed by atoms with Gasteiger partial charge < -0.3 is 9.72 Å². The van der Waals surface area contributed by atoms with E-state index in [2.05, 4.69) is 44.1 Å². The Balaban J connectivity index is 1.75. The van der Waals surface area contributed by atoms with Crippen LogP contribution < -0.4 is 0 Å². The van der Waals surface area contributed by atoms with Gasteiger partial charge in [0.25, 0.3) is 0 Å². The lowest BCUT2D eigenvalue weighted by molar-refractivity contribution is 0.0258. The van der Waals surface area contributed by atoms with Gasteiger partial charge in [-0.15, -0.1) is 0 Å². The van der Waals surface area contributed by atoms with Gasteiger partial charge in [0.2, 0.25) is 0 Å². The number of hydrogen-bond donors (Lipinski definition) is 1. The second-order valence-corrected chi connectivity index (χ2v) is 6.56. The van der Waals surface area contributed by atoms with E-state index in [0.29, 0.717) is 6.10 Å². The second-order valence-electron chi connectivity index (χ2n) is 6.56. The van der Waals surface area contributed by atoms with Crippen LogP contribution in [-0.4, -0.2) is 17.7 Å². The third-order valence-electron chi connectivity index (χ3n) is 5.06. The van der Waals surface area contributed by atoms with Crippen LogP contribution in [0.4, 0.5) is 0 Å². The molecule has 1 heterocycles. The lowest BCUT2D eigenvalue weighted by atomic mass is 9.81. The number of aromatic amines is 1. The number of nitrogens with one attached hydrogen (secondary N) is 1. The molecule has 0 amide bonds. The zero-order chi connectivity index (χ0) is 14.8. The van der Waals surface area contributed by atoms with Gasteiger partial charge in [0.1, 0.15) is 0 Å². The summed E-state index contributed by atoms with van der Waals surface area (Å²) in [4.78, 5) is 3.40. The Morgan fingerprint density at radius 1 is 1.14 bits per heavy atom. The molecule has 3 rings (SSSR count). The van der Waals surface area contributed by atoms with Gasteiger partial charge in [-0.05, 0) is 81.5 Å². The first-order valence-corrected chi connectivity index (χ1v) is 8.36. The maximum absolute atomic E-state index is 5.77. The number of ether oxygens (including phenoxy) is 1. The highest BCUT2D eigenvalue weighted by atomic mass is 16.5. The van der Waals surface area contributed by atoms with E-state index in [1.165, 1.54) is 54.1 Å². The molecule has 0 saturated heterocycles. The van der Waals surface area contributed by atoms with Gasteiger partial charge in [-0.25, -0.2) is 0 Å². The van der Waals surface area contributed by atoms with E-state index in [4.69, 9.17) is 4.74 Å². The van der Waals surface area contributed by atoms with Crippen LogP contribution in [0.5, 0.6) is 0 Å². The molecule has 1 aliphatic carbocycles.